The van der Waals surface area contributed by atoms with E-state index in [2.05, 4.69) is 0 Å². The Morgan fingerprint density at radius 1 is 1.24 bits per heavy atom. The number of aromatic hydroxyl groups is 1. The van der Waals surface area contributed by atoms with Gasteiger partial charge in [0.25, 0.3) is 0 Å². The normalized spacial score (nSPS) is 11.6. The van der Waals surface area contributed by atoms with Crippen molar-refractivity contribution < 1.29 is 13.5 Å². The highest BCUT2D eigenvalue weighted by Gasteiger charge is 2.24. The van der Waals surface area contributed by atoms with E-state index >= 15 is 0 Å². The number of aromatic nitrogens is 1. The molecule has 2 aromatic rings. The summed E-state index contributed by atoms with van der Waals surface area (Å²) in [6.45, 7) is 1.84. The second-order valence-electron chi connectivity index (χ2n) is 3.47. The Labute approximate surface area is 101 Å². The summed E-state index contributed by atoms with van der Waals surface area (Å²) in [5.74, 6) is -0.611. The molecule has 0 saturated carbocycles. The van der Waals surface area contributed by atoms with Crippen molar-refractivity contribution in [1.82, 2.24) is 4.98 Å². The predicted octanol–water partition coefficient (Wildman–Crippen LogP) is 1.28. The average Bonchev–Trinajstić information content (AvgIpc) is 2.59. The number of hydrogen-bond acceptors (Lipinski definition) is 5. The quantitative estimate of drug-likeness (QED) is 0.861. The monoisotopic (exact) mass is 271 g/mol. The number of aryl methyl sites for hydroxylation is 1. The highest BCUT2D eigenvalue weighted by molar-refractivity contribution is 7.93. The molecule has 7 heteroatoms. The van der Waals surface area contributed by atoms with Crippen LogP contribution in [0.2, 0.25) is 0 Å². The summed E-state index contributed by atoms with van der Waals surface area (Å²) in [6, 6.07) is 6.18. The molecule has 0 amide bonds. The molecule has 0 aliphatic heterocycles. The first-order valence-electron chi connectivity index (χ1n) is 4.65. The smallest absolute Gasteiger partial charge is 0.308 e. The van der Waals surface area contributed by atoms with Gasteiger partial charge in [-0.1, -0.05) is 29.0 Å². The Morgan fingerprint density at radius 2 is 1.82 bits per heavy atom. The highest BCUT2D eigenvalue weighted by Crippen LogP contribution is 2.29. The van der Waals surface area contributed by atoms with Crippen LogP contribution in [0.4, 0.5) is 0 Å². The zero-order valence-corrected chi connectivity index (χ0v) is 10.4. The Balaban J connectivity index is 2.61. The van der Waals surface area contributed by atoms with Gasteiger partial charge in [0.2, 0.25) is 15.7 Å². The summed E-state index contributed by atoms with van der Waals surface area (Å²) in [7, 11) is -3.83. The number of benzene rings is 1. The summed E-state index contributed by atoms with van der Waals surface area (Å²) >= 11 is 0.471. The van der Waals surface area contributed by atoms with Crippen LogP contribution in [0.25, 0.3) is 0 Å². The van der Waals surface area contributed by atoms with E-state index in [-0.39, 0.29) is 9.10 Å². The number of sulfone groups is 1. The van der Waals surface area contributed by atoms with Crippen LogP contribution in [0.1, 0.15) is 5.56 Å². The van der Waals surface area contributed by atoms with Crippen LogP contribution >= 0.6 is 11.3 Å². The lowest BCUT2D eigenvalue weighted by molar-refractivity contribution is 0.442. The third-order valence-electron chi connectivity index (χ3n) is 2.17. The number of rotatable bonds is 2. The first-order valence-corrected chi connectivity index (χ1v) is 6.95. The molecule has 0 atom stereocenters. The van der Waals surface area contributed by atoms with Gasteiger partial charge in [0.15, 0.2) is 4.21 Å². The molecule has 1 aromatic heterocycles. The minimum Gasteiger partial charge on any atom is -0.493 e. The lowest BCUT2D eigenvalue weighted by atomic mass is 10.2. The van der Waals surface area contributed by atoms with Gasteiger partial charge < -0.3 is 5.11 Å². The summed E-state index contributed by atoms with van der Waals surface area (Å²) < 4.78 is 23.8. The van der Waals surface area contributed by atoms with Crippen molar-refractivity contribution in [2.45, 2.75) is 16.0 Å². The fraction of sp³-hybridized carbons (Fsp3) is 0.100. The minimum absolute atomic E-state index is 0.0497. The van der Waals surface area contributed by atoms with E-state index in [1.165, 1.54) is 12.1 Å². The summed E-state index contributed by atoms with van der Waals surface area (Å²) in [5, 5.41) is 9.36. The second kappa shape index (κ2) is 4.01. The molecule has 0 saturated heterocycles. The fourth-order valence-electron chi connectivity index (χ4n) is 1.31. The molecule has 0 aliphatic carbocycles. The van der Waals surface area contributed by atoms with Gasteiger partial charge in [0.05, 0.1) is 4.90 Å². The largest absolute Gasteiger partial charge is 0.493 e. The van der Waals surface area contributed by atoms with E-state index < -0.39 is 20.6 Å². The van der Waals surface area contributed by atoms with Gasteiger partial charge in [-0.25, -0.2) is 8.42 Å². The fourth-order valence-corrected chi connectivity index (χ4v) is 3.74. The Morgan fingerprint density at radius 3 is 2.29 bits per heavy atom. The molecule has 0 bridgehead atoms. The summed E-state index contributed by atoms with van der Waals surface area (Å²) in [4.78, 5) is 12.5. The molecule has 0 radical (unpaired) electrons. The maximum Gasteiger partial charge on any atom is 0.308 e. The van der Waals surface area contributed by atoms with Gasteiger partial charge in [-0.05, 0) is 19.1 Å². The molecule has 0 spiro atoms. The van der Waals surface area contributed by atoms with Crippen molar-refractivity contribution >= 4 is 21.2 Å². The van der Waals surface area contributed by atoms with E-state index in [0.717, 1.165) is 5.56 Å². The van der Waals surface area contributed by atoms with Crippen LogP contribution in [-0.4, -0.2) is 18.5 Å². The molecule has 5 nitrogen and oxygen atoms in total. The first kappa shape index (κ1) is 11.9. The maximum atomic E-state index is 12.1. The van der Waals surface area contributed by atoms with Gasteiger partial charge in [-0.15, -0.1) is 0 Å². The van der Waals surface area contributed by atoms with Crippen LogP contribution in [0.5, 0.6) is 5.88 Å². The molecule has 2 N–H and O–H groups in total. The lowest BCUT2D eigenvalue weighted by Gasteiger charge is -2.02. The number of thiazole rings is 1. The van der Waals surface area contributed by atoms with Gasteiger partial charge in [0, 0.05) is 0 Å². The molecule has 2 rings (SSSR count). The number of H-pyrrole nitrogens is 1. The Kier molecular flexibility index (Phi) is 2.80. The zero-order valence-electron chi connectivity index (χ0n) is 8.80. The molecule has 0 aliphatic rings. The molecule has 1 heterocycles. The summed E-state index contributed by atoms with van der Waals surface area (Å²) in [6.07, 6.45) is 0. The molecular formula is C10H9NO4S2. The third-order valence-corrected chi connectivity index (χ3v) is 5.32. The Bertz CT molecular complexity index is 695. The lowest BCUT2D eigenvalue weighted by Crippen LogP contribution is -2.00. The van der Waals surface area contributed by atoms with E-state index in [4.69, 9.17) is 0 Å². The molecule has 0 fully saturated rings. The molecule has 90 valence electrons. The molecule has 17 heavy (non-hydrogen) atoms. The SMILES string of the molecule is Cc1ccc(S(=O)(=O)c2sc(=O)[nH]c2O)cc1. The van der Waals surface area contributed by atoms with Crippen molar-refractivity contribution in [3.05, 3.63) is 39.5 Å². The average molecular weight is 271 g/mol. The van der Waals surface area contributed by atoms with Crippen LogP contribution < -0.4 is 4.87 Å². The predicted molar refractivity (Wildman–Crippen MR) is 63.2 cm³/mol. The molecular weight excluding hydrogens is 262 g/mol. The second-order valence-corrected chi connectivity index (χ2v) is 6.60. The molecule has 1 aromatic carbocycles. The van der Waals surface area contributed by atoms with Gasteiger partial charge in [-0.2, -0.15) is 0 Å². The Hall–Kier alpha value is -1.60. The zero-order chi connectivity index (χ0) is 12.6. The molecule has 0 unspecified atom stereocenters. The summed E-state index contributed by atoms with van der Waals surface area (Å²) in [5.41, 5.74) is 0.926. The number of nitrogens with one attached hydrogen (secondary N) is 1. The standard InChI is InChI=1S/C10H9NO4S2/c1-6-2-4-7(5-3-6)17(14,15)9-8(12)11-10(13)16-9/h2-5,12H,1H3,(H,11,13). The van der Waals surface area contributed by atoms with Crippen molar-refractivity contribution in [2.75, 3.05) is 0 Å². The van der Waals surface area contributed by atoms with Crippen LogP contribution in [0.3, 0.4) is 0 Å². The maximum absolute atomic E-state index is 12.1. The van der Waals surface area contributed by atoms with Crippen molar-refractivity contribution in [3.63, 3.8) is 0 Å². The van der Waals surface area contributed by atoms with Crippen molar-refractivity contribution in [3.8, 4) is 5.88 Å². The van der Waals surface area contributed by atoms with E-state index in [0.29, 0.717) is 11.3 Å². The van der Waals surface area contributed by atoms with E-state index in [1.54, 1.807) is 12.1 Å². The van der Waals surface area contributed by atoms with Crippen LogP contribution in [0.15, 0.2) is 38.2 Å². The first-order chi connectivity index (χ1) is 7.91. The van der Waals surface area contributed by atoms with Gasteiger partial charge >= 0.3 is 4.87 Å². The van der Waals surface area contributed by atoms with Crippen molar-refractivity contribution in [1.29, 1.82) is 0 Å². The number of hydrogen-bond donors (Lipinski definition) is 2. The third kappa shape index (κ3) is 2.11. The van der Waals surface area contributed by atoms with E-state index in [9.17, 15) is 18.3 Å². The topological polar surface area (TPSA) is 87.2 Å². The van der Waals surface area contributed by atoms with Gasteiger partial charge in [0.1, 0.15) is 0 Å². The van der Waals surface area contributed by atoms with Crippen LogP contribution in [-0.2, 0) is 9.84 Å². The van der Waals surface area contributed by atoms with Crippen LogP contribution in [0, 0.1) is 6.92 Å². The van der Waals surface area contributed by atoms with E-state index in [1.807, 2.05) is 11.9 Å². The minimum atomic E-state index is -3.83. The number of aromatic amines is 1. The van der Waals surface area contributed by atoms with Gasteiger partial charge in [-0.3, -0.25) is 9.78 Å². The highest BCUT2D eigenvalue weighted by atomic mass is 32.2. The van der Waals surface area contributed by atoms with Crippen molar-refractivity contribution in [2.24, 2.45) is 0 Å².